The molecule has 1 aromatic rings. The Balaban J connectivity index is 1.76. The molecule has 0 aromatic heterocycles. The molecule has 3 aliphatic carbocycles. The maximum Gasteiger partial charge on any atom is 0.141 e. The molecule has 2 nitrogen and oxygen atoms in total. The van der Waals surface area contributed by atoms with Crippen LogP contribution in [0.3, 0.4) is 0 Å². The fourth-order valence-electron chi connectivity index (χ4n) is 6.19. The molecular weight excluding hydrogens is 284 g/mol. The Kier molecular flexibility index (Phi) is 3.30. The third-order valence-electron chi connectivity index (χ3n) is 7.13. The van der Waals surface area contributed by atoms with Crippen LogP contribution in [-0.2, 0) is 16.0 Å². The maximum absolute atomic E-state index is 13.1. The van der Waals surface area contributed by atoms with Gasteiger partial charge in [-0.2, -0.15) is 0 Å². The zero-order valence-corrected chi connectivity index (χ0v) is 14.4. The Hall–Kier alpha value is -1.44. The minimum atomic E-state index is -0.0910. The summed E-state index contributed by atoms with van der Waals surface area (Å²) in [6.45, 7) is 6.06. The van der Waals surface area contributed by atoms with Gasteiger partial charge in [0.25, 0.3) is 0 Å². The minimum absolute atomic E-state index is 0.0862. The first-order valence-electron chi connectivity index (χ1n) is 9.04. The fraction of sp³-hybridized carbons (Fsp3) is 0.619. The summed E-state index contributed by atoms with van der Waals surface area (Å²) in [6.07, 6.45) is 4.89. The molecule has 2 saturated carbocycles. The van der Waals surface area contributed by atoms with Crippen molar-refractivity contribution in [1.29, 1.82) is 0 Å². The molecule has 1 aromatic carbocycles. The molecule has 5 atom stereocenters. The van der Waals surface area contributed by atoms with Crippen LogP contribution in [0.4, 0.5) is 0 Å². The molecule has 0 heterocycles. The number of Topliss-reactive ketones (excluding diaryl/α,β-unsaturated/α-hetero) is 2. The zero-order valence-electron chi connectivity index (χ0n) is 14.4. The number of hydrogen-bond donors (Lipinski definition) is 0. The van der Waals surface area contributed by atoms with Gasteiger partial charge in [0.1, 0.15) is 11.6 Å². The van der Waals surface area contributed by atoms with Gasteiger partial charge in [-0.1, -0.05) is 30.7 Å². The topological polar surface area (TPSA) is 34.1 Å². The highest BCUT2D eigenvalue weighted by Gasteiger charge is 2.58. The lowest BCUT2D eigenvalue weighted by Gasteiger charge is -2.49. The van der Waals surface area contributed by atoms with Crippen LogP contribution in [0.5, 0.6) is 0 Å². The van der Waals surface area contributed by atoms with Crippen LogP contribution in [0, 0.1) is 30.1 Å². The summed E-state index contributed by atoms with van der Waals surface area (Å²) in [5.41, 5.74) is 3.86. The highest BCUT2D eigenvalue weighted by Crippen LogP contribution is 2.61. The van der Waals surface area contributed by atoms with Crippen LogP contribution in [-0.4, -0.2) is 11.6 Å². The molecule has 0 spiro atoms. The van der Waals surface area contributed by atoms with Crippen LogP contribution in [0.1, 0.15) is 62.1 Å². The lowest BCUT2D eigenvalue weighted by Crippen LogP contribution is -2.47. The van der Waals surface area contributed by atoms with Gasteiger partial charge in [0.15, 0.2) is 0 Å². The van der Waals surface area contributed by atoms with Crippen molar-refractivity contribution in [2.75, 3.05) is 0 Å². The standard InChI is InChI=1S/C21H26O2/c1-12-4-6-15-14(10-12)5-7-16-18-9-8-17(13(2)22)21(18,3)11-19(23)20(15)16/h4,6,10,16-18,20H,5,7-9,11H2,1-3H3/t16?,17?,18?,20?,21-/m1/s1. The largest absolute Gasteiger partial charge is 0.300 e. The van der Waals surface area contributed by atoms with E-state index < -0.39 is 0 Å². The van der Waals surface area contributed by atoms with E-state index in [1.54, 1.807) is 6.92 Å². The Morgan fingerprint density at radius 2 is 2.00 bits per heavy atom. The van der Waals surface area contributed by atoms with E-state index in [0.717, 1.165) is 25.7 Å². The summed E-state index contributed by atoms with van der Waals surface area (Å²) in [5, 5.41) is 0. The summed E-state index contributed by atoms with van der Waals surface area (Å²) in [7, 11) is 0. The van der Waals surface area contributed by atoms with Gasteiger partial charge in [-0.25, -0.2) is 0 Å². The predicted molar refractivity (Wildman–Crippen MR) is 90.4 cm³/mol. The number of carbonyl (C=O) groups excluding carboxylic acids is 2. The van der Waals surface area contributed by atoms with E-state index in [1.807, 2.05) is 0 Å². The Morgan fingerprint density at radius 3 is 2.74 bits per heavy atom. The van der Waals surface area contributed by atoms with Crippen molar-refractivity contribution in [2.45, 2.75) is 58.8 Å². The molecule has 0 aliphatic heterocycles. The van der Waals surface area contributed by atoms with Crippen molar-refractivity contribution in [2.24, 2.45) is 23.2 Å². The van der Waals surface area contributed by atoms with E-state index in [-0.39, 0.29) is 23.0 Å². The van der Waals surface area contributed by atoms with Crippen molar-refractivity contribution in [3.05, 3.63) is 34.9 Å². The van der Waals surface area contributed by atoms with Gasteiger partial charge in [-0.15, -0.1) is 0 Å². The molecular formula is C21H26O2. The van der Waals surface area contributed by atoms with Gasteiger partial charge >= 0.3 is 0 Å². The van der Waals surface area contributed by atoms with Gasteiger partial charge < -0.3 is 0 Å². The molecule has 122 valence electrons. The Labute approximate surface area is 138 Å². The predicted octanol–water partition coefficient (Wildman–Crippen LogP) is 4.24. The molecule has 0 saturated heterocycles. The Morgan fingerprint density at radius 1 is 1.22 bits per heavy atom. The van der Waals surface area contributed by atoms with E-state index >= 15 is 0 Å². The third-order valence-corrected chi connectivity index (χ3v) is 7.13. The summed E-state index contributed by atoms with van der Waals surface area (Å²) in [6, 6.07) is 6.61. The van der Waals surface area contributed by atoms with Crippen LogP contribution in [0.15, 0.2) is 18.2 Å². The number of hydrogen-bond acceptors (Lipinski definition) is 2. The van der Waals surface area contributed by atoms with E-state index in [2.05, 4.69) is 32.0 Å². The molecule has 4 unspecified atom stereocenters. The van der Waals surface area contributed by atoms with Gasteiger partial charge in [0.05, 0.1) is 0 Å². The molecule has 23 heavy (non-hydrogen) atoms. The second kappa shape index (κ2) is 5.03. The third kappa shape index (κ3) is 2.07. The highest BCUT2D eigenvalue weighted by atomic mass is 16.1. The number of ketones is 2. The quantitative estimate of drug-likeness (QED) is 0.777. The van der Waals surface area contributed by atoms with Crippen molar-refractivity contribution < 1.29 is 9.59 Å². The molecule has 2 heteroatoms. The van der Waals surface area contributed by atoms with Gasteiger partial charge in [0.2, 0.25) is 0 Å². The number of carbonyl (C=O) groups is 2. The van der Waals surface area contributed by atoms with Gasteiger partial charge in [0, 0.05) is 18.3 Å². The molecule has 0 bridgehead atoms. The highest BCUT2D eigenvalue weighted by molar-refractivity contribution is 5.90. The second-order valence-electron chi connectivity index (χ2n) is 8.38. The van der Waals surface area contributed by atoms with E-state index in [1.165, 1.54) is 16.7 Å². The lowest BCUT2D eigenvalue weighted by molar-refractivity contribution is -0.135. The van der Waals surface area contributed by atoms with Crippen LogP contribution in [0.2, 0.25) is 0 Å². The zero-order chi connectivity index (χ0) is 16.4. The van der Waals surface area contributed by atoms with E-state index in [4.69, 9.17) is 0 Å². The average Bonchev–Trinajstić information content (AvgIpc) is 2.83. The molecule has 3 aliphatic rings. The average molecular weight is 310 g/mol. The summed E-state index contributed by atoms with van der Waals surface area (Å²) >= 11 is 0. The second-order valence-corrected chi connectivity index (χ2v) is 8.38. The Bertz CT molecular complexity index is 689. The molecule has 0 N–H and O–H groups in total. The smallest absolute Gasteiger partial charge is 0.141 e. The summed E-state index contributed by atoms with van der Waals surface area (Å²) in [5.74, 6) is 1.83. The number of benzene rings is 1. The summed E-state index contributed by atoms with van der Waals surface area (Å²) < 4.78 is 0. The first-order valence-corrected chi connectivity index (χ1v) is 9.04. The monoisotopic (exact) mass is 310 g/mol. The molecule has 0 radical (unpaired) electrons. The lowest BCUT2D eigenvalue weighted by atomic mass is 9.53. The van der Waals surface area contributed by atoms with E-state index in [0.29, 0.717) is 24.0 Å². The molecule has 2 fully saturated rings. The maximum atomic E-state index is 13.1. The van der Waals surface area contributed by atoms with Crippen molar-refractivity contribution in [3.8, 4) is 0 Å². The number of aryl methyl sites for hydroxylation is 2. The first kappa shape index (κ1) is 15.1. The van der Waals surface area contributed by atoms with E-state index in [9.17, 15) is 9.59 Å². The van der Waals surface area contributed by atoms with Crippen molar-refractivity contribution in [1.82, 2.24) is 0 Å². The van der Waals surface area contributed by atoms with Gasteiger partial charge in [-0.3, -0.25) is 9.59 Å². The van der Waals surface area contributed by atoms with Gasteiger partial charge in [-0.05, 0) is 67.9 Å². The molecule has 4 rings (SSSR count). The minimum Gasteiger partial charge on any atom is -0.300 e. The van der Waals surface area contributed by atoms with Crippen molar-refractivity contribution >= 4 is 11.6 Å². The number of fused-ring (bicyclic) bond motifs is 5. The number of rotatable bonds is 1. The SMILES string of the molecule is CC(=O)C1CCC2C3CCc4cc(C)ccc4C3C(=O)C[C@]12C. The summed E-state index contributed by atoms with van der Waals surface area (Å²) in [4.78, 5) is 25.2. The fourth-order valence-corrected chi connectivity index (χ4v) is 6.19. The van der Waals surface area contributed by atoms with Crippen LogP contribution in [0.25, 0.3) is 0 Å². The molecule has 0 amide bonds. The van der Waals surface area contributed by atoms with Crippen LogP contribution >= 0.6 is 0 Å². The first-order chi connectivity index (χ1) is 10.9. The van der Waals surface area contributed by atoms with Crippen LogP contribution < -0.4 is 0 Å². The van der Waals surface area contributed by atoms with Crippen molar-refractivity contribution in [3.63, 3.8) is 0 Å². The normalized spacial score (nSPS) is 38.7.